The van der Waals surface area contributed by atoms with Crippen molar-refractivity contribution in [2.75, 3.05) is 26.8 Å². The highest BCUT2D eigenvalue weighted by Crippen LogP contribution is 2.18. The molecule has 2 rings (SSSR count). The number of carbonyl (C=O) groups excluding carboxylic acids is 2. The SMILES string of the molecule is COC(=O)CC1CN(C(=O)c2ncccc2O)CCO1. The first-order valence-corrected chi connectivity index (χ1v) is 6.23. The van der Waals surface area contributed by atoms with E-state index in [0.29, 0.717) is 13.2 Å². The molecule has 1 fully saturated rings. The van der Waals surface area contributed by atoms with Crippen LogP contribution >= 0.6 is 0 Å². The van der Waals surface area contributed by atoms with Gasteiger partial charge in [0.1, 0.15) is 5.75 Å². The molecular weight excluding hydrogens is 264 g/mol. The lowest BCUT2D eigenvalue weighted by atomic mass is 10.2. The second-order valence-corrected chi connectivity index (χ2v) is 4.40. The predicted molar refractivity (Wildman–Crippen MR) is 68.2 cm³/mol. The molecule has 1 unspecified atom stereocenters. The Bertz CT molecular complexity index is 505. The highest BCUT2D eigenvalue weighted by molar-refractivity contribution is 5.94. The van der Waals surface area contributed by atoms with Crippen molar-refractivity contribution in [1.29, 1.82) is 0 Å². The van der Waals surface area contributed by atoms with Crippen LogP contribution in [0.3, 0.4) is 0 Å². The molecule has 1 aromatic heterocycles. The minimum Gasteiger partial charge on any atom is -0.505 e. The Labute approximate surface area is 116 Å². The van der Waals surface area contributed by atoms with E-state index in [0.717, 1.165) is 0 Å². The first-order valence-electron chi connectivity index (χ1n) is 6.23. The van der Waals surface area contributed by atoms with Crippen molar-refractivity contribution in [1.82, 2.24) is 9.88 Å². The van der Waals surface area contributed by atoms with Gasteiger partial charge in [0.15, 0.2) is 5.69 Å². The van der Waals surface area contributed by atoms with E-state index in [1.54, 1.807) is 6.07 Å². The molecule has 20 heavy (non-hydrogen) atoms. The molecule has 7 nitrogen and oxygen atoms in total. The van der Waals surface area contributed by atoms with Crippen molar-refractivity contribution in [2.45, 2.75) is 12.5 Å². The number of pyridine rings is 1. The van der Waals surface area contributed by atoms with E-state index < -0.39 is 6.10 Å². The van der Waals surface area contributed by atoms with Gasteiger partial charge in [-0.05, 0) is 12.1 Å². The van der Waals surface area contributed by atoms with Crippen molar-refractivity contribution in [3.8, 4) is 5.75 Å². The normalized spacial score (nSPS) is 18.6. The Morgan fingerprint density at radius 1 is 1.60 bits per heavy atom. The predicted octanol–water partition coefficient (Wildman–Crippen LogP) is 0.191. The van der Waals surface area contributed by atoms with Gasteiger partial charge in [0.25, 0.3) is 5.91 Å². The van der Waals surface area contributed by atoms with Gasteiger partial charge in [0.05, 0.1) is 26.2 Å². The van der Waals surface area contributed by atoms with Crippen molar-refractivity contribution < 1.29 is 24.2 Å². The quantitative estimate of drug-likeness (QED) is 0.795. The number of aromatic nitrogens is 1. The summed E-state index contributed by atoms with van der Waals surface area (Å²) >= 11 is 0. The lowest BCUT2D eigenvalue weighted by molar-refractivity contribution is -0.145. The summed E-state index contributed by atoms with van der Waals surface area (Å²) < 4.78 is 10.00. The van der Waals surface area contributed by atoms with E-state index in [2.05, 4.69) is 9.72 Å². The lowest BCUT2D eigenvalue weighted by Crippen LogP contribution is -2.46. The number of hydrogen-bond acceptors (Lipinski definition) is 6. The monoisotopic (exact) mass is 280 g/mol. The van der Waals surface area contributed by atoms with E-state index in [1.807, 2.05) is 0 Å². The van der Waals surface area contributed by atoms with Crippen LogP contribution in [0, 0.1) is 0 Å². The summed E-state index contributed by atoms with van der Waals surface area (Å²) in [6.07, 6.45) is 1.14. The molecule has 0 saturated carbocycles. The molecule has 0 bridgehead atoms. The van der Waals surface area contributed by atoms with Gasteiger partial charge >= 0.3 is 5.97 Å². The third-order valence-electron chi connectivity index (χ3n) is 3.04. The maximum atomic E-state index is 12.3. The summed E-state index contributed by atoms with van der Waals surface area (Å²) in [6, 6.07) is 2.96. The van der Waals surface area contributed by atoms with Gasteiger partial charge in [-0.15, -0.1) is 0 Å². The van der Waals surface area contributed by atoms with E-state index in [9.17, 15) is 14.7 Å². The first kappa shape index (κ1) is 14.3. The zero-order valence-electron chi connectivity index (χ0n) is 11.1. The molecule has 0 radical (unpaired) electrons. The number of rotatable bonds is 3. The van der Waals surface area contributed by atoms with Gasteiger partial charge in [-0.1, -0.05) is 0 Å². The summed E-state index contributed by atoms with van der Waals surface area (Å²) in [4.78, 5) is 28.9. The Kier molecular flexibility index (Phi) is 4.52. The maximum absolute atomic E-state index is 12.3. The van der Waals surface area contributed by atoms with E-state index >= 15 is 0 Å². The molecule has 0 aromatic carbocycles. The van der Waals surface area contributed by atoms with Gasteiger partial charge < -0.3 is 19.5 Å². The first-order chi connectivity index (χ1) is 9.61. The maximum Gasteiger partial charge on any atom is 0.308 e. The Hall–Kier alpha value is -2.15. The molecule has 0 aliphatic carbocycles. The summed E-state index contributed by atoms with van der Waals surface area (Å²) in [5.74, 6) is -0.917. The molecule has 1 N–H and O–H groups in total. The van der Waals surface area contributed by atoms with Crippen molar-refractivity contribution in [3.05, 3.63) is 24.0 Å². The van der Waals surface area contributed by atoms with Crippen LogP contribution in [0.15, 0.2) is 18.3 Å². The van der Waals surface area contributed by atoms with Crippen LogP contribution in [0.25, 0.3) is 0 Å². The van der Waals surface area contributed by atoms with Gasteiger partial charge in [0, 0.05) is 19.3 Å². The van der Waals surface area contributed by atoms with Crippen LogP contribution in [0.2, 0.25) is 0 Å². The van der Waals surface area contributed by atoms with Crippen LogP contribution in [0.5, 0.6) is 5.75 Å². The number of methoxy groups -OCH3 is 1. The van der Waals surface area contributed by atoms with Gasteiger partial charge in [-0.3, -0.25) is 9.59 Å². The Balaban J connectivity index is 2.03. The van der Waals surface area contributed by atoms with Crippen molar-refractivity contribution in [2.24, 2.45) is 0 Å². The molecular formula is C13H16N2O5. The average molecular weight is 280 g/mol. The topological polar surface area (TPSA) is 89.0 Å². The van der Waals surface area contributed by atoms with Crippen LogP contribution < -0.4 is 0 Å². The summed E-state index contributed by atoms with van der Waals surface area (Å²) in [7, 11) is 1.31. The van der Waals surface area contributed by atoms with E-state index in [4.69, 9.17) is 4.74 Å². The standard InChI is InChI=1S/C13H16N2O5/c1-19-11(17)7-9-8-15(5-6-20-9)13(18)12-10(16)3-2-4-14-12/h2-4,9,16H,5-8H2,1H3. The molecule has 0 spiro atoms. The average Bonchev–Trinajstić information content (AvgIpc) is 2.47. The summed E-state index contributed by atoms with van der Waals surface area (Å²) in [5.41, 5.74) is 0.00576. The minimum absolute atomic E-state index is 0.00576. The van der Waals surface area contributed by atoms with Crippen LogP contribution in [0.1, 0.15) is 16.9 Å². The van der Waals surface area contributed by atoms with Crippen LogP contribution in [-0.4, -0.2) is 59.8 Å². The second kappa shape index (κ2) is 6.33. The van der Waals surface area contributed by atoms with Crippen molar-refractivity contribution in [3.63, 3.8) is 0 Å². The fourth-order valence-corrected chi connectivity index (χ4v) is 2.01. The van der Waals surface area contributed by atoms with E-state index in [1.165, 1.54) is 24.3 Å². The molecule has 1 aliphatic heterocycles. The number of amides is 1. The molecule has 1 aromatic rings. The molecule has 108 valence electrons. The highest BCUT2D eigenvalue weighted by atomic mass is 16.5. The molecule has 1 saturated heterocycles. The lowest BCUT2D eigenvalue weighted by Gasteiger charge is -2.32. The Morgan fingerprint density at radius 2 is 2.40 bits per heavy atom. The fourth-order valence-electron chi connectivity index (χ4n) is 2.01. The van der Waals surface area contributed by atoms with Crippen LogP contribution in [0.4, 0.5) is 0 Å². The molecule has 7 heteroatoms. The number of nitrogens with zero attached hydrogens (tertiary/aromatic N) is 2. The van der Waals surface area contributed by atoms with Gasteiger partial charge in [0.2, 0.25) is 0 Å². The smallest absolute Gasteiger partial charge is 0.308 e. The van der Waals surface area contributed by atoms with Crippen molar-refractivity contribution >= 4 is 11.9 Å². The van der Waals surface area contributed by atoms with Crippen LogP contribution in [-0.2, 0) is 14.3 Å². The molecule has 2 heterocycles. The third-order valence-corrected chi connectivity index (χ3v) is 3.04. The molecule has 1 aliphatic rings. The number of esters is 1. The summed E-state index contributed by atoms with van der Waals surface area (Å²) in [5, 5.41) is 9.65. The number of ether oxygens (including phenoxy) is 2. The highest BCUT2D eigenvalue weighted by Gasteiger charge is 2.28. The fraction of sp³-hybridized carbons (Fsp3) is 0.462. The third kappa shape index (κ3) is 3.24. The molecule has 1 atom stereocenters. The molecule has 1 amide bonds. The largest absolute Gasteiger partial charge is 0.505 e. The van der Waals surface area contributed by atoms with Gasteiger partial charge in [-0.25, -0.2) is 4.98 Å². The zero-order valence-corrected chi connectivity index (χ0v) is 11.1. The number of hydrogen-bond donors (Lipinski definition) is 1. The number of carbonyl (C=O) groups is 2. The Morgan fingerprint density at radius 3 is 3.10 bits per heavy atom. The van der Waals surface area contributed by atoms with E-state index in [-0.39, 0.29) is 36.3 Å². The van der Waals surface area contributed by atoms with Gasteiger partial charge in [-0.2, -0.15) is 0 Å². The number of aromatic hydroxyl groups is 1. The second-order valence-electron chi connectivity index (χ2n) is 4.40. The summed E-state index contributed by atoms with van der Waals surface area (Å²) in [6.45, 7) is 0.997. The number of morpholine rings is 1. The zero-order chi connectivity index (χ0) is 14.5. The minimum atomic E-state index is -0.397.